The number of benzene rings is 1. The lowest BCUT2D eigenvalue weighted by atomic mass is 10.0. The molecule has 0 heterocycles. The zero-order valence-corrected chi connectivity index (χ0v) is 12.1. The maximum Gasteiger partial charge on any atom is 0.118 e. The Labute approximate surface area is 109 Å². The topological polar surface area (TPSA) is 21.3 Å². The van der Waals surface area contributed by atoms with E-state index in [1.807, 2.05) is 23.9 Å². The molecule has 0 unspecified atom stereocenters. The normalized spacial score (nSPS) is 11.5. The van der Waals surface area contributed by atoms with E-state index >= 15 is 0 Å². The van der Waals surface area contributed by atoms with Crippen LogP contribution in [0, 0.1) is 0 Å². The monoisotopic (exact) mass is 253 g/mol. The van der Waals surface area contributed by atoms with Crippen LogP contribution < -0.4 is 10.1 Å². The van der Waals surface area contributed by atoms with Crippen molar-refractivity contribution in [1.29, 1.82) is 0 Å². The molecule has 0 saturated heterocycles. The number of nitrogens with one attached hydrogen (secondary N) is 1. The Kier molecular flexibility index (Phi) is 5.86. The second-order valence-corrected chi connectivity index (χ2v) is 5.86. The molecule has 0 fully saturated rings. The van der Waals surface area contributed by atoms with E-state index in [9.17, 15) is 0 Å². The molecule has 17 heavy (non-hydrogen) atoms. The fourth-order valence-electron chi connectivity index (χ4n) is 1.36. The van der Waals surface area contributed by atoms with Crippen molar-refractivity contribution in [2.75, 3.05) is 19.4 Å². The quantitative estimate of drug-likeness (QED) is 0.593. The summed E-state index contributed by atoms with van der Waals surface area (Å²) >= 11 is 1.87. The van der Waals surface area contributed by atoms with Gasteiger partial charge in [0.25, 0.3) is 0 Å². The maximum absolute atomic E-state index is 5.13. The molecule has 1 rings (SSSR count). The number of hydrogen-bond donors (Lipinski definition) is 1. The van der Waals surface area contributed by atoms with Gasteiger partial charge in [-0.3, -0.25) is 0 Å². The summed E-state index contributed by atoms with van der Waals surface area (Å²) in [7, 11) is 1.69. The van der Waals surface area contributed by atoms with Crippen molar-refractivity contribution in [2.45, 2.75) is 37.6 Å². The first-order valence-electron chi connectivity index (χ1n) is 6.09. The van der Waals surface area contributed by atoms with Gasteiger partial charge in [0.1, 0.15) is 5.75 Å². The van der Waals surface area contributed by atoms with Crippen molar-refractivity contribution in [3.05, 3.63) is 24.3 Å². The number of thioether (sulfide) groups is 1. The van der Waals surface area contributed by atoms with Gasteiger partial charge in [-0.25, -0.2) is 0 Å². The van der Waals surface area contributed by atoms with Gasteiger partial charge in [0.05, 0.1) is 7.11 Å². The van der Waals surface area contributed by atoms with Crippen LogP contribution in [-0.2, 0) is 0 Å². The zero-order chi connectivity index (χ0) is 12.7. The number of rotatable bonds is 7. The smallest absolute Gasteiger partial charge is 0.118 e. The van der Waals surface area contributed by atoms with Gasteiger partial charge < -0.3 is 10.1 Å². The van der Waals surface area contributed by atoms with E-state index in [4.69, 9.17) is 4.74 Å². The van der Waals surface area contributed by atoms with Crippen LogP contribution in [0.15, 0.2) is 29.2 Å². The second-order valence-electron chi connectivity index (χ2n) is 4.69. The first-order chi connectivity index (χ1) is 8.07. The molecule has 0 aliphatic carbocycles. The first kappa shape index (κ1) is 14.4. The van der Waals surface area contributed by atoms with Gasteiger partial charge in [-0.05, 0) is 44.5 Å². The minimum absolute atomic E-state index is 0.250. The standard InChI is InChI=1S/C14H23NOS/c1-5-14(2,3)15-10-11-17-13-8-6-12(16-4)7-9-13/h6-9,15H,5,10-11H2,1-4H3. The molecule has 0 aliphatic heterocycles. The highest BCUT2D eigenvalue weighted by molar-refractivity contribution is 7.99. The highest BCUT2D eigenvalue weighted by Crippen LogP contribution is 2.20. The van der Waals surface area contributed by atoms with Gasteiger partial charge in [-0.15, -0.1) is 11.8 Å². The first-order valence-corrected chi connectivity index (χ1v) is 7.08. The summed E-state index contributed by atoms with van der Waals surface area (Å²) in [6, 6.07) is 8.22. The van der Waals surface area contributed by atoms with E-state index in [0.29, 0.717) is 0 Å². The van der Waals surface area contributed by atoms with E-state index < -0.39 is 0 Å². The molecule has 0 aliphatic rings. The van der Waals surface area contributed by atoms with Gasteiger partial charge in [-0.2, -0.15) is 0 Å². The average Bonchev–Trinajstić information content (AvgIpc) is 2.35. The lowest BCUT2D eigenvalue weighted by Crippen LogP contribution is -2.39. The predicted octanol–water partition coefficient (Wildman–Crippen LogP) is 3.57. The van der Waals surface area contributed by atoms with Crippen LogP contribution in [0.3, 0.4) is 0 Å². The molecule has 0 radical (unpaired) electrons. The van der Waals surface area contributed by atoms with Gasteiger partial charge in [0.15, 0.2) is 0 Å². The van der Waals surface area contributed by atoms with Gasteiger partial charge in [-0.1, -0.05) is 6.92 Å². The van der Waals surface area contributed by atoms with Gasteiger partial charge in [0, 0.05) is 22.7 Å². The van der Waals surface area contributed by atoms with Gasteiger partial charge >= 0.3 is 0 Å². The zero-order valence-electron chi connectivity index (χ0n) is 11.2. The molecular weight excluding hydrogens is 230 g/mol. The lowest BCUT2D eigenvalue weighted by Gasteiger charge is -2.24. The van der Waals surface area contributed by atoms with E-state index in [-0.39, 0.29) is 5.54 Å². The van der Waals surface area contributed by atoms with E-state index in [2.05, 4.69) is 38.2 Å². The molecule has 0 spiro atoms. The molecule has 0 saturated carbocycles. The van der Waals surface area contributed by atoms with Crippen LogP contribution >= 0.6 is 11.8 Å². The number of hydrogen-bond acceptors (Lipinski definition) is 3. The van der Waals surface area contributed by atoms with Crippen molar-refractivity contribution in [1.82, 2.24) is 5.32 Å². The molecule has 1 aromatic rings. The van der Waals surface area contributed by atoms with E-state index in [1.54, 1.807) is 7.11 Å². The fraction of sp³-hybridized carbons (Fsp3) is 0.571. The minimum Gasteiger partial charge on any atom is -0.497 e. The van der Waals surface area contributed by atoms with Crippen molar-refractivity contribution in [3.63, 3.8) is 0 Å². The van der Waals surface area contributed by atoms with Crippen molar-refractivity contribution in [2.24, 2.45) is 0 Å². The third-order valence-corrected chi connectivity index (χ3v) is 3.93. The number of methoxy groups -OCH3 is 1. The highest BCUT2D eigenvalue weighted by atomic mass is 32.2. The summed E-state index contributed by atoms with van der Waals surface area (Å²) in [6.07, 6.45) is 1.15. The molecule has 0 atom stereocenters. The summed E-state index contributed by atoms with van der Waals surface area (Å²) < 4.78 is 5.13. The third kappa shape index (κ3) is 5.46. The van der Waals surface area contributed by atoms with E-state index in [1.165, 1.54) is 4.90 Å². The molecule has 0 bridgehead atoms. The van der Waals surface area contributed by atoms with Crippen LogP contribution in [0.4, 0.5) is 0 Å². The predicted molar refractivity (Wildman–Crippen MR) is 76.1 cm³/mol. The number of ether oxygens (including phenoxy) is 1. The SMILES string of the molecule is CCC(C)(C)NCCSc1ccc(OC)cc1. The summed E-state index contributed by atoms with van der Waals surface area (Å²) in [4.78, 5) is 1.29. The van der Waals surface area contributed by atoms with Crippen LogP contribution in [0.2, 0.25) is 0 Å². The molecule has 3 heteroatoms. The maximum atomic E-state index is 5.13. The Hall–Kier alpha value is -0.670. The molecule has 96 valence electrons. The van der Waals surface area contributed by atoms with Crippen molar-refractivity contribution in [3.8, 4) is 5.75 Å². The molecular formula is C14H23NOS. The molecule has 2 nitrogen and oxygen atoms in total. The van der Waals surface area contributed by atoms with Crippen molar-refractivity contribution >= 4 is 11.8 Å². The Morgan fingerprint density at radius 2 is 1.88 bits per heavy atom. The lowest BCUT2D eigenvalue weighted by molar-refractivity contribution is 0.388. The average molecular weight is 253 g/mol. The summed E-state index contributed by atoms with van der Waals surface area (Å²) in [6.45, 7) is 7.73. The summed E-state index contributed by atoms with van der Waals surface area (Å²) in [5.41, 5.74) is 0.250. The van der Waals surface area contributed by atoms with Crippen molar-refractivity contribution < 1.29 is 4.74 Å². The molecule has 0 aromatic heterocycles. The van der Waals surface area contributed by atoms with Crippen LogP contribution in [0.5, 0.6) is 5.75 Å². The Bertz CT molecular complexity index is 321. The van der Waals surface area contributed by atoms with Crippen LogP contribution in [0.1, 0.15) is 27.2 Å². The molecule has 0 amide bonds. The molecule has 1 aromatic carbocycles. The van der Waals surface area contributed by atoms with Crippen LogP contribution in [-0.4, -0.2) is 24.9 Å². The Balaban J connectivity index is 2.26. The Morgan fingerprint density at radius 3 is 2.41 bits per heavy atom. The second kappa shape index (κ2) is 6.92. The van der Waals surface area contributed by atoms with Crippen LogP contribution in [0.25, 0.3) is 0 Å². The largest absolute Gasteiger partial charge is 0.497 e. The molecule has 1 N–H and O–H groups in total. The fourth-order valence-corrected chi connectivity index (χ4v) is 2.12. The summed E-state index contributed by atoms with van der Waals surface area (Å²) in [5.74, 6) is 2.01. The Morgan fingerprint density at radius 1 is 1.24 bits per heavy atom. The third-order valence-electron chi connectivity index (χ3n) is 2.92. The summed E-state index contributed by atoms with van der Waals surface area (Å²) in [5, 5.41) is 3.56. The highest BCUT2D eigenvalue weighted by Gasteiger charge is 2.12. The van der Waals surface area contributed by atoms with Gasteiger partial charge in [0.2, 0.25) is 0 Å². The van der Waals surface area contributed by atoms with E-state index in [0.717, 1.165) is 24.5 Å². The minimum atomic E-state index is 0.250.